The molecule has 0 radical (unpaired) electrons. The lowest BCUT2D eigenvalue weighted by atomic mass is 9.85. The van der Waals surface area contributed by atoms with Crippen LogP contribution < -0.4 is 10.1 Å². The van der Waals surface area contributed by atoms with Crippen molar-refractivity contribution >= 4 is 40.2 Å². The zero-order valence-electron chi connectivity index (χ0n) is 19.9. The van der Waals surface area contributed by atoms with Gasteiger partial charge in [0.2, 0.25) is 0 Å². The van der Waals surface area contributed by atoms with Crippen molar-refractivity contribution in [2.24, 2.45) is 5.92 Å². The average Bonchev–Trinajstić information content (AvgIpc) is 3.16. The van der Waals surface area contributed by atoms with E-state index in [9.17, 15) is 4.79 Å². The Morgan fingerprint density at radius 3 is 2.50 bits per heavy atom. The zero-order chi connectivity index (χ0) is 23.5. The predicted octanol–water partition coefficient (Wildman–Crippen LogP) is 7.13. The van der Waals surface area contributed by atoms with Crippen molar-refractivity contribution in [3.05, 3.63) is 77.2 Å². The number of hydrogen-bond donors (Lipinski definition) is 1. The summed E-state index contributed by atoms with van der Waals surface area (Å²) in [5.74, 6) is 1.52. The molecule has 0 spiro atoms. The first-order chi connectivity index (χ1) is 16.7. The molecule has 3 atom stereocenters. The Balaban J connectivity index is 1.52. The van der Waals surface area contributed by atoms with Crippen molar-refractivity contribution in [3.8, 4) is 5.75 Å². The van der Waals surface area contributed by atoms with Crippen LogP contribution in [0.2, 0.25) is 0 Å². The quantitative estimate of drug-likeness (QED) is 0.388. The number of fused-ring (bicyclic) bond motifs is 1. The van der Waals surface area contributed by atoms with Gasteiger partial charge in [-0.1, -0.05) is 80.1 Å². The van der Waals surface area contributed by atoms with Gasteiger partial charge < -0.3 is 15.0 Å². The second-order valence-electron chi connectivity index (χ2n) is 9.16. The first-order valence-corrected chi connectivity index (χ1v) is 13.2. The van der Waals surface area contributed by atoms with E-state index in [4.69, 9.17) is 4.74 Å². The minimum atomic E-state index is -0.110. The van der Waals surface area contributed by atoms with Gasteiger partial charge in [-0.2, -0.15) is 0 Å². The summed E-state index contributed by atoms with van der Waals surface area (Å²) in [6, 6.07) is 22.8. The summed E-state index contributed by atoms with van der Waals surface area (Å²) in [6.07, 6.45) is 6.76. The molecule has 0 aromatic heterocycles. The van der Waals surface area contributed by atoms with Crippen molar-refractivity contribution in [2.75, 3.05) is 11.9 Å². The number of thioether (sulfide) groups is 1. The predicted molar refractivity (Wildman–Crippen MR) is 143 cm³/mol. The summed E-state index contributed by atoms with van der Waals surface area (Å²) in [4.78, 5) is 16.7. The number of benzene rings is 3. The van der Waals surface area contributed by atoms with Gasteiger partial charge in [0.1, 0.15) is 5.75 Å². The number of ether oxygens (including phenoxy) is 1. The van der Waals surface area contributed by atoms with E-state index in [-0.39, 0.29) is 17.4 Å². The largest absolute Gasteiger partial charge is 0.493 e. The van der Waals surface area contributed by atoms with Crippen LogP contribution in [0.5, 0.6) is 5.75 Å². The fourth-order valence-electron chi connectivity index (χ4n) is 5.21. The molecule has 1 saturated carbocycles. The summed E-state index contributed by atoms with van der Waals surface area (Å²) >= 11 is 1.63. The third kappa shape index (κ3) is 4.54. The van der Waals surface area contributed by atoms with Crippen LogP contribution >= 0.6 is 11.8 Å². The van der Waals surface area contributed by atoms with E-state index < -0.39 is 0 Å². The highest BCUT2D eigenvalue weighted by molar-refractivity contribution is 8.05. The van der Waals surface area contributed by atoms with Gasteiger partial charge in [-0.3, -0.25) is 4.79 Å². The number of nitrogens with one attached hydrogen (secondary N) is 1. The smallest absolute Gasteiger partial charge is 0.262 e. The van der Waals surface area contributed by atoms with Gasteiger partial charge in [0.05, 0.1) is 11.5 Å². The van der Waals surface area contributed by atoms with Crippen LogP contribution in [0, 0.1) is 5.92 Å². The lowest BCUT2D eigenvalue weighted by molar-refractivity contribution is -0.129. The van der Waals surface area contributed by atoms with Crippen LogP contribution in [0.3, 0.4) is 0 Å². The van der Waals surface area contributed by atoms with Gasteiger partial charge in [0.25, 0.3) is 5.91 Å². The van der Waals surface area contributed by atoms with E-state index in [2.05, 4.69) is 53.5 Å². The third-order valence-electron chi connectivity index (χ3n) is 6.93. The van der Waals surface area contributed by atoms with E-state index >= 15 is 0 Å². The van der Waals surface area contributed by atoms with Crippen molar-refractivity contribution in [1.29, 1.82) is 0 Å². The third-order valence-corrected chi connectivity index (χ3v) is 8.04. The van der Waals surface area contributed by atoms with E-state index in [0.717, 1.165) is 39.1 Å². The number of anilines is 1. The summed E-state index contributed by atoms with van der Waals surface area (Å²) in [6.45, 7) is 4.92. The summed E-state index contributed by atoms with van der Waals surface area (Å²) in [7, 11) is 0. The Labute approximate surface area is 206 Å². The van der Waals surface area contributed by atoms with Crippen molar-refractivity contribution < 1.29 is 9.53 Å². The van der Waals surface area contributed by atoms with Crippen LogP contribution in [-0.2, 0) is 4.79 Å². The molecule has 1 aliphatic heterocycles. The molecule has 1 unspecified atom stereocenters. The maximum Gasteiger partial charge on any atom is 0.262 e. The molecule has 2 fully saturated rings. The first-order valence-electron chi connectivity index (χ1n) is 12.3. The number of para-hydroxylation sites is 1. The van der Waals surface area contributed by atoms with Crippen LogP contribution in [0.1, 0.15) is 45.1 Å². The van der Waals surface area contributed by atoms with Gasteiger partial charge in [0.15, 0.2) is 5.50 Å². The Hall–Kier alpha value is -2.92. The normalized spacial score (nSPS) is 24.1. The second-order valence-corrected chi connectivity index (χ2v) is 10.3. The number of carbonyl (C=O) groups excluding carboxylic acids is 1. The molecule has 2 aliphatic rings. The standard InChI is InChI=1S/C29H32N2O2S/c1-3-33-26-18-17-21(23-14-8-9-15-24(23)26)19-27-28(32)31(25-16-10-7-11-20(25)2)29(34-27)30-22-12-5-4-6-13-22/h4-6,8-9,12-15,17-20,25,29-30H,3,7,10-11,16H2,1-2H3/b27-19-/t20-,25+,29?/m1/s1. The molecule has 34 heavy (non-hydrogen) atoms. The highest BCUT2D eigenvalue weighted by Gasteiger charge is 2.42. The molecule has 176 valence electrons. The van der Waals surface area contributed by atoms with Crippen LogP contribution in [0.25, 0.3) is 16.8 Å². The van der Waals surface area contributed by atoms with Crippen molar-refractivity contribution in [1.82, 2.24) is 4.90 Å². The molecule has 1 heterocycles. The zero-order valence-corrected chi connectivity index (χ0v) is 20.7. The number of hydrogen-bond acceptors (Lipinski definition) is 4. The topological polar surface area (TPSA) is 41.6 Å². The van der Waals surface area contributed by atoms with Crippen molar-refractivity contribution in [2.45, 2.75) is 51.1 Å². The van der Waals surface area contributed by atoms with Gasteiger partial charge in [-0.25, -0.2) is 0 Å². The number of carbonyl (C=O) groups is 1. The molecular formula is C29H32N2O2S. The summed E-state index contributed by atoms with van der Waals surface area (Å²) in [5, 5.41) is 5.80. The van der Waals surface area contributed by atoms with Crippen LogP contribution in [-0.4, -0.2) is 29.0 Å². The number of amides is 1. The Kier molecular flexibility index (Phi) is 6.82. The molecule has 5 heteroatoms. The number of rotatable bonds is 6. The molecule has 3 aromatic carbocycles. The van der Waals surface area contributed by atoms with Gasteiger partial charge in [0, 0.05) is 17.1 Å². The minimum Gasteiger partial charge on any atom is -0.493 e. The minimum absolute atomic E-state index is 0.110. The summed E-state index contributed by atoms with van der Waals surface area (Å²) in [5.41, 5.74) is 1.97. The average molecular weight is 473 g/mol. The lowest BCUT2D eigenvalue weighted by Crippen LogP contribution is -2.48. The Morgan fingerprint density at radius 2 is 1.74 bits per heavy atom. The van der Waals surface area contributed by atoms with Crippen LogP contribution in [0.15, 0.2) is 71.6 Å². The lowest BCUT2D eigenvalue weighted by Gasteiger charge is -2.39. The molecule has 1 amide bonds. The Morgan fingerprint density at radius 1 is 1.00 bits per heavy atom. The van der Waals surface area contributed by atoms with Gasteiger partial charge in [-0.05, 0) is 60.9 Å². The highest BCUT2D eigenvalue weighted by Crippen LogP contribution is 2.43. The molecule has 3 aromatic rings. The van der Waals surface area contributed by atoms with E-state index in [1.165, 1.54) is 19.3 Å². The molecule has 1 aliphatic carbocycles. The molecule has 1 N–H and O–H groups in total. The molecule has 0 bridgehead atoms. The maximum absolute atomic E-state index is 13.8. The number of nitrogens with zero attached hydrogens (tertiary/aromatic N) is 1. The van der Waals surface area contributed by atoms with E-state index in [0.29, 0.717) is 12.5 Å². The molecule has 5 rings (SSSR count). The Bertz CT molecular complexity index is 1190. The molecular weight excluding hydrogens is 440 g/mol. The van der Waals surface area contributed by atoms with Gasteiger partial charge >= 0.3 is 0 Å². The monoisotopic (exact) mass is 472 g/mol. The molecule has 4 nitrogen and oxygen atoms in total. The summed E-state index contributed by atoms with van der Waals surface area (Å²) < 4.78 is 5.85. The fraction of sp³-hybridized carbons (Fsp3) is 0.345. The van der Waals surface area contributed by atoms with Crippen LogP contribution in [0.4, 0.5) is 5.69 Å². The fourth-order valence-corrected chi connectivity index (χ4v) is 6.41. The first kappa shape index (κ1) is 22.9. The molecule has 1 saturated heterocycles. The highest BCUT2D eigenvalue weighted by atomic mass is 32.2. The maximum atomic E-state index is 13.8. The van der Waals surface area contributed by atoms with E-state index in [1.807, 2.05) is 43.3 Å². The second kappa shape index (κ2) is 10.1. The van der Waals surface area contributed by atoms with Gasteiger partial charge in [-0.15, -0.1) is 0 Å². The van der Waals surface area contributed by atoms with Crippen molar-refractivity contribution in [3.63, 3.8) is 0 Å². The van der Waals surface area contributed by atoms with E-state index in [1.54, 1.807) is 11.8 Å². The SMILES string of the molecule is CCOc1ccc(/C=C2\SC(Nc3ccccc3)N([C@H]3CCCC[C@H]3C)C2=O)c2ccccc12.